The molecule has 0 bridgehead atoms. The van der Waals surface area contributed by atoms with E-state index in [2.05, 4.69) is 5.10 Å². The summed E-state index contributed by atoms with van der Waals surface area (Å²) < 4.78 is 10.4. The van der Waals surface area contributed by atoms with E-state index in [1.165, 1.54) is 0 Å². The van der Waals surface area contributed by atoms with Crippen molar-refractivity contribution in [3.8, 4) is 0 Å². The normalized spacial score (nSPS) is 15.8. The standard InChI is InChI=1S/C8H9ClN2O2/c9-4-3-7-10-11(6-13-7)8-2-1-5-12-8/h1-2,5H,3-4,6H2. The molecular formula is C8H9ClN2O2. The Morgan fingerprint density at radius 3 is 3.23 bits per heavy atom. The summed E-state index contributed by atoms with van der Waals surface area (Å²) in [5.74, 6) is 1.86. The summed E-state index contributed by atoms with van der Waals surface area (Å²) in [5.41, 5.74) is 0. The van der Waals surface area contributed by atoms with Crippen LogP contribution in [0, 0.1) is 0 Å². The lowest BCUT2D eigenvalue weighted by molar-refractivity contribution is 0.323. The minimum absolute atomic E-state index is 0.403. The average Bonchev–Trinajstić information content (AvgIpc) is 2.70. The van der Waals surface area contributed by atoms with Crippen LogP contribution in [0.4, 0.5) is 5.88 Å². The molecule has 0 saturated heterocycles. The molecule has 0 aliphatic carbocycles. The van der Waals surface area contributed by atoms with Gasteiger partial charge in [-0.1, -0.05) is 0 Å². The number of anilines is 1. The van der Waals surface area contributed by atoms with E-state index in [1.54, 1.807) is 11.3 Å². The minimum Gasteiger partial charge on any atom is -0.456 e. The molecule has 1 aromatic heterocycles. The number of halogens is 1. The second-order valence-corrected chi connectivity index (χ2v) is 2.93. The Kier molecular flexibility index (Phi) is 2.40. The second-order valence-electron chi connectivity index (χ2n) is 2.56. The van der Waals surface area contributed by atoms with Gasteiger partial charge in [0, 0.05) is 18.4 Å². The highest BCUT2D eigenvalue weighted by molar-refractivity contribution is 6.18. The Hall–Kier alpha value is -1.16. The molecule has 5 heteroatoms. The maximum atomic E-state index is 5.55. The van der Waals surface area contributed by atoms with Crippen molar-refractivity contribution < 1.29 is 9.15 Å². The fourth-order valence-corrected chi connectivity index (χ4v) is 1.22. The lowest BCUT2D eigenvalue weighted by Gasteiger charge is -2.05. The first kappa shape index (κ1) is 8.44. The van der Waals surface area contributed by atoms with Gasteiger partial charge in [-0.25, -0.2) is 0 Å². The third-order valence-electron chi connectivity index (χ3n) is 1.65. The summed E-state index contributed by atoms with van der Waals surface area (Å²) in [4.78, 5) is 0. The summed E-state index contributed by atoms with van der Waals surface area (Å²) in [6.45, 7) is 0.403. The van der Waals surface area contributed by atoms with Crippen LogP contribution in [0.5, 0.6) is 0 Å². The van der Waals surface area contributed by atoms with Gasteiger partial charge >= 0.3 is 0 Å². The third-order valence-corrected chi connectivity index (χ3v) is 1.84. The third kappa shape index (κ3) is 1.78. The van der Waals surface area contributed by atoms with Crippen LogP contribution < -0.4 is 5.01 Å². The Morgan fingerprint density at radius 2 is 2.54 bits per heavy atom. The van der Waals surface area contributed by atoms with Crippen LogP contribution in [-0.2, 0) is 4.74 Å². The van der Waals surface area contributed by atoms with Gasteiger partial charge in [0.1, 0.15) is 0 Å². The first-order chi connectivity index (χ1) is 6.40. The van der Waals surface area contributed by atoms with Crippen molar-refractivity contribution in [2.75, 3.05) is 17.6 Å². The lowest BCUT2D eigenvalue weighted by atomic mass is 10.5. The molecule has 0 amide bonds. The molecule has 0 atom stereocenters. The first-order valence-electron chi connectivity index (χ1n) is 3.97. The summed E-state index contributed by atoms with van der Waals surface area (Å²) in [6, 6.07) is 3.64. The summed E-state index contributed by atoms with van der Waals surface area (Å²) in [5, 5.41) is 5.82. The van der Waals surface area contributed by atoms with Crippen LogP contribution in [0.2, 0.25) is 0 Å². The van der Waals surface area contributed by atoms with Gasteiger partial charge in [-0.2, -0.15) is 5.01 Å². The zero-order valence-electron chi connectivity index (χ0n) is 6.94. The van der Waals surface area contributed by atoms with Crippen molar-refractivity contribution in [2.24, 2.45) is 5.10 Å². The van der Waals surface area contributed by atoms with Crippen LogP contribution in [0.1, 0.15) is 6.42 Å². The molecule has 1 aromatic rings. The molecule has 0 radical (unpaired) electrons. The molecule has 0 saturated carbocycles. The average molecular weight is 201 g/mol. The number of ether oxygens (including phenoxy) is 1. The Balaban J connectivity index is 2.05. The molecule has 13 heavy (non-hydrogen) atoms. The lowest BCUT2D eigenvalue weighted by Crippen LogP contribution is -2.11. The number of hydrogen-bond donors (Lipinski definition) is 0. The van der Waals surface area contributed by atoms with E-state index in [4.69, 9.17) is 20.8 Å². The van der Waals surface area contributed by atoms with Crippen LogP contribution in [0.3, 0.4) is 0 Å². The van der Waals surface area contributed by atoms with Gasteiger partial charge < -0.3 is 9.15 Å². The number of hydrazone groups is 1. The van der Waals surface area contributed by atoms with Gasteiger partial charge in [0.05, 0.1) is 6.26 Å². The van der Waals surface area contributed by atoms with Crippen LogP contribution >= 0.6 is 11.6 Å². The van der Waals surface area contributed by atoms with Gasteiger partial charge in [-0.3, -0.25) is 0 Å². The number of nitrogens with zero attached hydrogens (tertiary/aromatic N) is 2. The SMILES string of the molecule is ClCCC1=NN(c2ccco2)CO1. The molecule has 4 nitrogen and oxygen atoms in total. The van der Waals surface area contributed by atoms with Gasteiger partial charge in [-0.05, 0) is 6.07 Å². The summed E-state index contributed by atoms with van der Waals surface area (Å²) in [6.07, 6.45) is 2.25. The Labute approximate surface area is 80.7 Å². The summed E-state index contributed by atoms with van der Waals surface area (Å²) in [7, 11) is 0. The molecule has 0 unspecified atom stereocenters. The van der Waals surface area contributed by atoms with Crippen molar-refractivity contribution in [3.05, 3.63) is 18.4 Å². The van der Waals surface area contributed by atoms with Gasteiger partial charge in [0.15, 0.2) is 6.73 Å². The first-order valence-corrected chi connectivity index (χ1v) is 4.51. The molecule has 1 aliphatic heterocycles. The molecule has 1 aliphatic rings. The second kappa shape index (κ2) is 3.70. The predicted molar refractivity (Wildman–Crippen MR) is 49.9 cm³/mol. The van der Waals surface area contributed by atoms with Gasteiger partial charge in [-0.15, -0.1) is 16.7 Å². The molecule has 70 valence electrons. The molecule has 0 spiro atoms. The fraction of sp³-hybridized carbons (Fsp3) is 0.375. The van der Waals surface area contributed by atoms with E-state index >= 15 is 0 Å². The van der Waals surface area contributed by atoms with Crippen molar-refractivity contribution >= 4 is 23.4 Å². The summed E-state index contributed by atoms with van der Waals surface area (Å²) >= 11 is 5.55. The minimum atomic E-state index is 0.403. The van der Waals surface area contributed by atoms with Crippen LogP contribution in [0.15, 0.2) is 27.9 Å². The van der Waals surface area contributed by atoms with E-state index in [0.717, 1.165) is 0 Å². The topological polar surface area (TPSA) is 38.0 Å². The van der Waals surface area contributed by atoms with Crippen molar-refractivity contribution in [3.63, 3.8) is 0 Å². The highest BCUT2D eigenvalue weighted by Crippen LogP contribution is 2.18. The molecule has 0 aromatic carbocycles. The van der Waals surface area contributed by atoms with Gasteiger partial charge in [0.2, 0.25) is 11.8 Å². The number of hydrogen-bond acceptors (Lipinski definition) is 4. The zero-order valence-corrected chi connectivity index (χ0v) is 7.70. The van der Waals surface area contributed by atoms with E-state index < -0.39 is 0 Å². The molecule has 2 rings (SSSR count). The number of rotatable bonds is 3. The van der Waals surface area contributed by atoms with E-state index in [1.807, 2.05) is 12.1 Å². The van der Waals surface area contributed by atoms with E-state index in [-0.39, 0.29) is 0 Å². The Bertz CT molecular complexity index is 297. The van der Waals surface area contributed by atoms with Crippen molar-refractivity contribution in [2.45, 2.75) is 6.42 Å². The van der Waals surface area contributed by atoms with Crippen LogP contribution in [0.25, 0.3) is 0 Å². The van der Waals surface area contributed by atoms with Gasteiger partial charge in [0.25, 0.3) is 0 Å². The number of furan rings is 1. The number of alkyl halides is 1. The van der Waals surface area contributed by atoms with Crippen molar-refractivity contribution in [1.29, 1.82) is 0 Å². The molecular weight excluding hydrogens is 192 g/mol. The van der Waals surface area contributed by atoms with E-state index in [9.17, 15) is 0 Å². The fourth-order valence-electron chi connectivity index (χ4n) is 1.06. The maximum Gasteiger partial charge on any atom is 0.218 e. The van der Waals surface area contributed by atoms with Crippen molar-refractivity contribution in [1.82, 2.24) is 0 Å². The largest absolute Gasteiger partial charge is 0.456 e. The highest BCUT2D eigenvalue weighted by Gasteiger charge is 2.17. The predicted octanol–water partition coefficient (Wildman–Crippen LogP) is 2.02. The molecule has 0 fully saturated rings. The zero-order chi connectivity index (χ0) is 9.10. The highest BCUT2D eigenvalue weighted by atomic mass is 35.5. The maximum absolute atomic E-state index is 5.55. The van der Waals surface area contributed by atoms with E-state index in [0.29, 0.717) is 30.8 Å². The van der Waals surface area contributed by atoms with Crippen LogP contribution in [-0.4, -0.2) is 18.5 Å². The smallest absolute Gasteiger partial charge is 0.218 e. The monoisotopic (exact) mass is 200 g/mol. The Morgan fingerprint density at radius 1 is 1.62 bits per heavy atom. The molecule has 0 N–H and O–H groups in total. The molecule has 2 heterocycles. The quantitative estimate of drug-likeness (QED) is 0.701.